The molecule has 0 unspecified atom stereocenters. The zero-order valence-corrected chi connectivity index (χ0v) is 15.2. The first-order chi connectivity index (χ1) is 13.8. The van der Waals surface area contributed by atoms with Gasteiger partial charge in [0.05, 0.1) is 16.9 Å². The number of para-hydroxylation sites is 1. The van der Waals surface area contributed by atoms with E-state index in [4.69, 9.17) is 16.0 Å². The van der Waals surface area contributed by atoms with E-state index >= 15 is 0 Å². The highest BCUT2D eigenvalue weighted by Crippen LogP contribution is 2.27. The van der Waals surface area contributed by atoms with Gasteiger partial charge in [-0.1, -0.05) is 48.5 Å². The van der Waals surface area contributed by atoms with Crippen molar-refractivity contribution >= 4 is 22.7 Å². The maximum Gasteiger partial charge on any atom is 0.223 e. The first kappa shape index (κ1) is 17.5. The molecule has 0 fully saturated rings. The molecule has 0 aliphatic carbocycles. The van der Waals surface area contributed by atoms with Gasteiger partial charge in [0.1, 0.15) is 11.6 Å². The second-order valence-electron chi connectivity index (χ2n) is 6.38. The molecule has 0 radical (unpaired) electrons. The monoisotopic (exact) mass is 369 g/mol. The second kappa shape index (κ2) is 7.76. The Balaban J connectivity index is 1.52. The number of hydrogen-bond acceptors (Lipinski definition) is 6. The van der Waals surface area contributed by atoms with Gasteiger partial charge in [0, 0.05) is 17.5 Å². The SMILES string of the molecule is N#Cc1c(N)n[nH]c1CCCNc1nc(-c2ccccc2)c2ccccc2n1. The number of fused-ring (bicyclic) bond motifs is 1. The topological polar surface area (TPSA) is 116 Å². The first-order valence-corrected chi connectivity index (χ1v) is 9.05. The third kappa shape index (κ3) is 3.48. The van der Waals surface area contributed by atoms with Crippen LogP contribution in [-0.4, -0.2) is 26.7 Å². The minimum Gasteiger partial charge on any atom is -0.381 e. The van der Waals surface area contributed by atoms with E-state index in [1.54, 1.807) is 0 Å². The summed E-state index contributed by atoms with van der Waals surface area (Å²) in [4.78, 5) is 9.37. The van der Waals surface area contributed by atoms with Crippen molar-refractivity contribution in [3.05, 3.63) is 65.9 Å². The van der Waals surface area contributed by atoms with Gasteiger partial charge in [-0.15, -0.1) is 0 Å². The van der Waals surface area contributed by atoms with Crippen LogP contribution in [0, 0.1) is 11.3 Å². The summed E-state index contributed by atoms with van der Waals surface area (Å²) in [6, 6.07) is 20.2. The Morgan fingerprint density at radius 1 is 1.04 bits per heavy atom. The smallest absolute Gasteiger partial charge is 0.223 e. The molecule has 0 bridgehead atoms. The van der Waals surface area contributed by atoms with Crippen LogP contribution in [0.3, 0.4) is 0 Å². The Hall–Kier alpha value is -3.92. The predicted molar refractivity (Wildman–Crippen MR) is 109 cm³/mol. The molecule has 0 saturated carbocycles. The minimum atomic E-state index is 0.246. The quantitative estimate of drug-likeness (QED) is 0.448. The molecule has 0 aliphatic heterocycles. The van der Waals surface area contributed by atoms with Gasteiger partial charge < -0.3 is 11.1 Å². The number of anilines is 2. The molecule has 7 heteroatoms. The van der Waals surface area contributed by atoms with Gasteiger partial charge in [-0.05, 0) is 18.9 Å². The lowest BCUT2D eigenvalue weighted by Crippen LogP contribution is -2.08. The van der Waals surface area contributed by atoms with Crippen molar-refractivity contribution < 1.29 is 0 Å². The van der Waals surface area contributed by atoms with E-state index < -0.39 is 0 Å². The van der Waals surface area contributed by atoms with E-state index in [2.05, 4.69) is 26.6 Å². The summed E-state index contributed by atoms with van der Waals surface area (Å²) in [6.07, 6.45) is 1.45. The van der Waals surface area contributed by atoms with Crippen LogP contribution in [0.1, 0.15) is 17.7 Å². The van der Waals surface area contributed by atoms with E-state index in [0.29, 0.717) is 24.5 Å². The fraction of sp³-hybridized carbons (Fsp3) is 0.143. The zero-order chi connectivity index (χ0) is 19.3. The summed E-state index contributed by atoms with van der Waals surface area (Å²) in [6.45, 7) is 0.663. The van der Waals surface area contributed by atoms with Crippen molar-refractivity contribution in [1.29, 1.82) is 5.26 Å². The molecule has 2 aromatic carbocycles. The highest BCUT2D eigenvalue weighted by molar-refractivity contribution is 5.93. The number of nitrogen functional groups attached to an aromatic ring is 1. The van der Waals surface area contributed by atoms with Crippen LogP contribution in [0.15, 0.2) is 54.6 Å². The van der Waals surface area contributed by atoms with Crippen LogP contribution in [-0.2, 0) is 6.42 Å². The van der Waals surface area contributed by atoms with E-state index in [0.717, 1.165) is 34.3 Å². The van der Waals surface area contributed by atoms with Crippen LogP contribution in [0.25, 0.3) is 22.2 Å². The van der Waals surface area contributed by atoms with Crippen LogP contribution >= 0.6 is 0 Å². The number of rotatable bonds is 6. The largest absolute Gasteiger partial charge is 0.381 e. The summed E-state index contributed by atoms with van der Waals surface area (Å²) in [5, 5.41) is 20.2. The van der Waals surface area contributed by atoms with E-state index in [-0.39, 0.29) is 5.82 Å². The standard InChI is InChI=1S/C21H19N7/c22-13-16-18(27-28-20(16)23)11-6-12-24-21-25-17-10-5-4-9-15(17)19(26-21)14-7-2-1-3-8-14/h1-5,7-10H,6,11-12H2,(H3,23,27,28)(H,24,25,26). The summed E-state index contributed by atoms with van der Waals surface area (Å²) in [5.74, 6) is 0.831. The molecule has 2 heterocycles. The van der Waals surface area contributed by atoms with Gasteiger partial charge >= 0.3 is 0 Å². The zero-order valence-electron chi connectivity index (χ0n) is 15.2. The van der Waals surface area contributed by atoms with Crippen molar-refractivity contribution in [2.24, 2.45) is 0 Å². The molecular formula is C21H19N7. The molecule has 0 spiro atoms. The summed E-state index contributed by atoms with van der Waals surface area (Å²) in [7, 11) is 0. The van der Waals surface area contributed by atoms with Crippen molar-refractivity contribution in [1.82, 2.24) is 20.2 Å². The van der Waals surface area contributed by atoms with Crippen LogP contribution in [0.2, 0.25) is 0 Å². The molecule has 4 rings (SSSR count). The summed E-state index contributed by atoms with van der Waals surface area (Å²) < 4.78 is 0. The van der Waals surface area contributed by atoms with Gasteiger partial charge in [0.15, 0.2) is 5.82 Å². The first-order valence-electron chi connectivity index (χ1n) is 9.05. The van der Waals surface area contributed by atoms with Gasteiger partial charge in [0.25, 0.3) is 0 Å². The number of H-pyrrole nitrogens is 1. The minimum absolute atomic E-state index is 0.246. The Morgan fingerprint density at radius 3 is 2.64 bits per heavy atom. The molecular weight excluding hydrogens is 350 g/mol. The van der Waals surface area contributed by atoms with Gasteiger partial charge in [-0.3, -0.25) is 5.10 Å². The van der Waals surface area contributed by atoms with Gasteiger partial charge in [-0.25, -0.2) is 9.97 Å². The lowest BCUT2D eigenvalue weighted by atomic mass is 10.1. The molecule has 138 valence electrons. The fourth-order valence-corrected chi connectivity index (χ4v) is 3.14. The number of aromatic nitrogens is 4. The maximum atomic E-state index is 9.14. The Kier molecular flexibility index (Phi) is 4.85. The van der Waals surface area contributed by atoms with E-state index in [1.165, 1.54) is 0 Å². The number of nitrogens with zero attached hydrogens (tertiary/aromatic N) is 4. The molecule has 28 heavy (non-hydrogen) atoms. The van der Waals surface area contributed by atoms with Crippen molar-refractivity contribution in [2.45, 2.75) is 12.8 Å². The summed E-state index contributed by atoms with van der Waals surface area (Å²) >= 11 is 0. The van der Waals surface area contributed by atoms with Crippen LogP contribution in [0.4, 0.5) is 11.8 Å². The number of nitriles is 1. The number of aryl methyl sites for hydroxylation is 1. The lowest BCUT2D eigenvalue weighted by molar-refractivity contribution is 0.820. The number of hydrogen-bond donors (Lipinski definition) is 3. The summed E-state index contributed by atoms with van der Waals surface area (Å²) in [5.41, 5.74) is 9.70. The van der Waals surface area contributed by atoms with E-state index in [1.807, 2.05) is 54.6 Å². The molecule has 0 atom stereocenters. The Labute approximate surface area is 162 Å². The molecule has 7 nitrogen and oxygen atoms in total. The molecule has 4 N–H and O–H groups in total. The average Bonchev–Trinajstić information content (AvgIpc) is 3.10. The van der Waals surface area contributed by atoms with Crippen molar-refractivity contribution in [3.63, 3.8) is 0 Å². The van der Waals surface area contributed by atoms with Gasteiger partial charge in [0.2, 0.25) is 5.95 Å². The number of benzene rings is 2. The fourth-order valence-electron chi connectivity index (χ4n) is 3.14. The van der Waals surface area contributed by atoms with Gasteiger partial charge in [-0.2, -0.15) is 10.4 Å². The Morgan fingerprint density at radius 2 is 1.82 bits per heavy atom. The second-order valence-corrected chi connectivity index (χ2v) is 6.38. The third-order valence-electron chi connectivity index (χ3n) is 4.52. The third-order valence-corrected chi connectivity index (χ3v) is 4.52. The highest BCUT2D eigenvalue weighted by Gasteiger charge is 2.11. The molecule has 2 aromatic heterocycles. The lowest BCUT2D eigenvalue weighted by Gasteiger charge is -2.10. The average molecular weight is 369 g/mol. The van der Waals surface area contributed by atoms with Crippen LogP contribution in [0.5, 0.6) is 0 Å². The number of aromatic amines is 1. The van der Waals surface area contributed by atoms with Crippen LogP contribution < -0.4 is 11.1 Å². The predicted octanol–water partition coefficient (Wildman–Crippen LogP) is 3.52. The highest BCUT2D eigenvalue weighted by atomic mass is 15.2. The Bertz CT molecular complexity index is 1140. The van der Waals surface area contributed by atoms with Crippen molar-refractivity contribution in [3.8, 4) is 17.3 Å². The number of nitrogens with two attached hydrogens (primary N) is 1. The van der Waals surface area contributed by atoms with E-state index in [9.17, 15) is 0 Å². The maximum absolute atomic E-state index is 9.14. The molecule has 0 saturated heterocycles. The van der Waals surface area contributed by atoms with Crippen molar-refractivity contribution in [2.75, 3.05) is 17.6 Å². The molecule has 0 aliphatic rings. The molecule has 0 amide bonds. The normalized spacial score (nSPS) is 10.7. The molecule has 4 aromatic rings. The number of nitrogens with one attached hydrogen (secondary N) is 2.